The number of hydrogen-bond donors (Lipinski definition) is 0. The highest BCUT2D eigenvalue weighted by atomic mass is 32.2. The zero-order valence-corrected chi connectivity index (χ0v) is 16.0. The van der Waals surface area contributed by atoms with Crippen LogP contribution in [0.2, 0.25) is 0 Å². The smallest absolute Gasteiger partial charge is 0.271 e. The van der Waals surface area contributed by atoms with Crippen molar-refractivity contribution in [3.8, 4) is 0 Å². The molecule has 2 fully saturated rings. The van der Waals surface area contributed by atoms with E-state index in [1.807, 2.05) is 0 Å². The molecule has 140 valence electrons. The summed E-state index contributed by atoms with van der Waals surface area (Å²) in [7, 11) is -3.08. The fraction of sp³-hybridized carbons (Fsp3) is 0.588. The van der Waals surface area contributed by atoms with Gasteiger partial charge in [0.25, 0.3) is 5.56 Å². The minimum Gasteiger partial charge on any atom is -0.334 e. The van der Waals surface area contributed by atoms with E-state index in [2.05, 4.69) is 4.98 Å². The summed E-state index contributed by atoms with van der Waals surface area (Å²) in [5.74, 6) is -0.0118. The molecule has 2 aromatic rings. The topological polar surface area (TPSA) is 89.3 Å². The third kappa shape index (κ3) is 3.29. The van der Waals surface area contributed by atoms with Gasteiger partial charge >= 0.3 is 0 Å². The van der Waals surface area contributed by atoms with E-state index >= 15 is 0 Å². The van der Waals surface area contributed by atoms with Crippen molar-refractivity contribution in [2.45, 2.75) is 50.7 Å². The summed E-state index contributed by atoms with van der Waals surface area (Å²) in [5, 5.41) is 1.81. The molecule has 0 N–H and O–H groups in total. The minimum atomic E-state index is -3.08. The first-order valence-corrected chi connectivity index (χ1v) is 11.6. The molecule has 7 nitrogen and oxygen atoms in total. The molecule has 1 aliphatic heterocycles. The first-order valence-electron chi connectivity index (χ1n) is 8.89. The fourth-order valence-electron chi connectivity index (χ4n) is 4.10. The number of amides is 1. The number of carbonyl (C=O) groups excluding carboxylic acids is 1. The van der Waals surface area contributed by atoms with E-state index in [9.17, 15) is 18.0 Å². The van der Waals surface area contributed by atoms with Crippen molar-refractivity contribution in [1.82, 2.24) is 14.5 Å². The van der Waals surface area contributed by atoms with Gasteiger partial charge in [-0.15, -0.1) is 11.3 Å². The van der Waals surface area contributed by atoms with Gasteiger partial charge in [-0.05, 0) is 30.7 Å². The predicted molar refractivity (Wildman–Crippen MR) is 100 cm³/mol. The molecule has 2 aliphatic rings. The molecule has 1 saturated carbocycles. The highest BCUT2D eigenvalue weighted by Crippen LogP contribution is 2.29. The fourth-order valence-corrected chi connectivity index (χ4v) is 6.61. The van der Waals surface area contributed by atoms with Gasteiger partial charge in [-0.2, -0.15) is 0 Å². The standard InChI is InChI=1S/C17H21N3O4S2/c21-15(9-19-11-18-14-5-7-25-16(14)17(19)22)20(12-3-1-2-4-12)13-6-8-26(23,24)10-13/h5,7,11-13H,1-4,6,8-10H2/t13-/m1/s1. The zero-order chi connectivity index (χ0) is 18.3. The Hall–Kier alpha value is -1.74. The molecule has 4 rings (SSSR count). The summed E-state index contributed by atoms with van der Waals surface area (Å²) < 4.78 is 25.7. The zero-order valence-electron chi connectivity index (χ0n) is 14.3. The van der Waals surface area contributed by atoms with Crippen LogP contribution in [0.15, 0.2) is 22.6 Å². The maximum atomic E-state index is 13.1. The maximum absolute atomic E-state index is 13.1. The van der Waals surface area contributed by atoms with Crippen LogP contribution in [0.4, 0.5) is 0 Å². The molecule has 0 spiro atoms. The monoisotopic (exact) mass is 395 g/mol. The van der Waals surface area contributed by atoms with Crippen LogP contribution in [0.5, 0.6) is 0 Å². The Bertz CT molecular complexity index is 989. The van der Waals surface area contributed by atoms with E-state index in [4.69, 9.17) is 0 Å². The van der Waals surface area contributed by atoms with Gasteiger partial charge < -0.3 is 4.90 Å². The predicted octanol–water partition coefficient (Wildman–Crippen LogP) is 1.42. The van der Waals surface area contributed by atoms with Crippen LogP contribution in [0.25, 0.3) is 10.2 Å². The molecular formula is C17H21N3O4S2. The first-order chi connectivity index (χ1) is 12.4. The molecule has 3 heterocycles. The summed E-state index contributed by atoms with van der Waals surface area (Å²) in [6.07, 6.45) is 5.81. The average molecular weight is 396 g/mol. The van der Waals surface area contributed by atoms with Gasteiger partial charge in [-0.25, -0.2) is 13.4 Å². The SMILES string of the molecule is O=C(Cn1cnc2ccsc2c1=O)N(C1CCCC1)[C@@H]1CCS(=O)(=O)C1. The van der Waals surface area contributed by atoms with Gasteiger partial charge in [0, 0.05) is 12.1 Å². The molecule has 2 aromatic heterocycles. The van der Waals surface area contributed by atoms with Crippen LogP contribution in [-0.4, -0.2) is 52.4 Å². The number of sulfone groups is 1. The molecule has 1 amide bonds. The lowest BCUT2D eigenvalue weighted by molar-refractivity contribution is -0.136. The molecule has 0 radical (unpaired) electrons. The van der Waals surface area contributed by atoms with Crippen LogP contribution >= 0.6 is 11.3 Å². The lowest BCUT2D eigenvalue weighted by Crippen LogP contribution is -2.48. The number of rotatable bonds is 4. The van der Waals surface area contributed by atoms with Crippen LogP contribution in [0, 0.1) is 0 Å². The molecule has 1 saturated heterocycles. The van der Waals surface area contributed by atoms with Crippen molar-refractivity contribution >= 4 is 37.3 Å². The van der Waals surface area contributed by atoms with Crippen LogP contribution in [-0.2, 0) is 21.2 Å². The molecule has 1 aliphatic carbocycles. The minimum absolute atomic E-state index is 0.0341. The molecule has 0 unspecified atom stereocenters. The van der Waals surface area contributed by atoms with Crippen molar-refractivity contribution in [2.24, 2.45) is 0 Å². The third-order valence-electron chi connectivity index (χ3n) is 5.35. The lowest BCUT2D eigenvalue weighted by Gasteiger charge is -2.34. The van der Waals surface area contributed by atoms with Crippen molar-refractivity contribution in [3.05, 3.63) is 28.1 Å². The quantitative estimate of drug-likeness (QED) is 0.781. The Balaban J connectivity index is 1.61. The highest BCUT2D eigenvalue weighted by molar-refractivity contribution is 7.91. The van der Waals surface area contributed by atoms with Crippen molar-refractivity contribution in [2.75, 3.05) is 11.5 Å². The van der Waals surface area contributed by atoms with Crippen LogP contribution in [0.3, 0.4) is 0 Å². The normalized spacial score (nSPS) is 22.8. The highest BCUT2D eigenvalue weighted by Gasteiger charge is 2.39. The summed E-state index contributed by atoms with van der Waals surface area (Å²) in [5.41, 5.74) is 0.419. The Morgan fingerprint density at radius 3 is 2.73 bits per heavy atom. The number of thiophene rings is 1. The second kappa shape index (κ2) is 6.77. The van der Waals surface area contributed by atoms with Crippen molar-refractivity contribution in [3.63, 3.8) is 0 Å². The van der Waals surface area contributed by atoms with E-state index in [0.717, 1.165) is 25.7 Å². The summed E-state index contributed by atoms with van der Waals surface area (Å²) >= 11 is 1.31. The number of carbonyl (C=O) groups is 1. The van der Waals surface area contributed by atoms with E-state index in [1.165, 1.54) is 22.2 Å². The number of nitrogens with zero attached hydrogens (tertiary/aromatic N) is 3. The molecule has 26 heavy (non-hydrogen) atoms. The molecule has 9 heteroatoms. The molecule has 0 aromatic carbocycles. The van der Waals surface area contributed by atoms with Crippen molar-refractivity contribution in [1.29, 1.82) is 0 Å². The number of hydrogen-bond acceptors (Lipinski definition) is 6. The van der Waals surface area contributed by atoms with E-state index in [0.29, 0.717) is 16.6 Å². The number of aromatic nitrogens is 2. The molecule has 1 atom stereocenters. The second-order valence-corrected chi connectivity index (χ2v) is 10.3. The van der Waals surface area contributed by atoms with Gasteiger partial charge in [0.15, 0.2) is 9.84 Å². The van der Waals surface area contributed by atoms with E-state index in [1.54, 1.807) is 16.3 Å². The summed E-state index contributed by atoms with van der Waals surface area (Å²) in [6, 6.07) is 1.58. The molecule has 0 bridgehead atoms. The van der Waals surface area contributed by atoms with E-state index in [-0.39, 0.29) is 41.6 Å². The van der Waals surface area contributed by atoms with Gasteiger partial charge in [0.1, 0.15) is 11.2 Å². The van der Waals surface area contributed by atoms with Crippen LogP contribution < -0.4 is 5.56 Å². The Kier molecular flexibility index (Phi) is 4.60. The third-order valence-corrected chi connectivity index (χ3v) is 7.99. The lowest BCUT2D eigenvalue weighted by atomic mass is 10.1. The Morgan fingerprint density at radius 1 is 1.27 bits per heavy atom. The summed E-state index contributed by atoms with van der Waals surface area (Å²) in [4.78, 5) is 31.6. The first kappa shape index (κ1) is 17.7. The van der Waals surface area contributed by atoms with Gasteiger partial charge in [-0.1, -0.05) is 12.8 Å². The summed E-state index contributed by atoms with van der Waals surface area (Å²) in [6.45, 7) is -0.0906. The second-order valence-electron chi connectivity index (χ2n) is 7.11. The maximum Gasteiger partial charge on any atom is 0.271 e. The molecular weight excluding hydrogens is 374 g/mol. The number of fused-ring (bicyclic) bond motifs is 1. The van der Waals surface area contributed by atoms with Gasteiger partial charge in [0.2, 0.25) is 5.91 Å². The Morgan fingerprint density at radius 2 is 2.04 bits per heavy atom. The van der Waals surface area contributed by atoms with Gasteiger partial charge in [-0.3, -0.25) is 14.2 Å². The van der Waals surface area contributed by atoms with Crippen molar-refractivity contribution < 1.29 is 13.2 Å². The van der Waals surface area contributed by atoms with Crippen LogP contribution in [0.1, 0.15) is 32.1 Å². The van der Waals surface area contributed by atoms with E-state index < -0.39 is 9.84 Å². The largest absolute Gasteiger partial charge is 0.334 e. The van der Waals surface area contributed by atoms with Gasteiger partial charge in [0.05, 0.1) is 23.3 Å². The Labute approximate surface area is 155 Å². The average Bonchev–Trinajstić information content (AvgIpc) is 3.32.